The number of hydrogen-bond donors (Lipinski definition) is 4. The summed E-state index contributed by atoms with van der Waals surface area (Å²) in [5, 5.41) is 19.2. The number of nitrogens with one attached hydrogen (secondary N) is 3. The third kappa shape index (κ3) is 26.1. The van der Waals surface area contributed by atoms with Gasteiger partial charge in [0.1, 0.15) is 0 Å². The van der Waals surface area contributed by atoms with E-state index in [0.29, 0.717) is 78.2 Å². The van der Waals surface area contributed by atoms with Crippen molar-refractivity contribution in [3.8, 4) is 0 Å². The van der Waals surface area contributed by atoms with Gasteiger partial charge in [0.2, 0.25) is 17.7 Å². The highest BCUT2D eigenvalue weighted by Crippen LogP contribution is 2.36. The van der Waals surface area contributed by atoms with Crippen molar-refractivity contribution in [3.05, 3.63) is 0 Å². The summed E-state index contributed by atoms with van der Waals surface area (Å²) in [6, 6.07) is 0. The van der Waals surface area contributed by atoms with Crippen molar-refractivity contribution in [1.82, 2.24) is 25.8 Å². The maximum atomic E-state index is 13.0. The van der Waals surface area contributed by atoms with Crippen molar-refractivity contribution in [2.75, 3.05) is 65.5 Å². The highest BCUT2D eigenvalue weighted by Gasteiger charge is 2.29. The topological polar surface area (TPSA) is 114 Å². The molecule has 296 valence electrons. The Morgan fingerprint density at radius 3 is 1.04 bits per heavy atom. The van der Waals surface area contributed by atoms with Gasteiger partial charge in [-0.05, 0) is 51.8 Å². The number of carbonyl (C=O) groups excluding carboxylic acids is 3. The summed E-state index contributed by atoms with van der Waals surface area (Å²) in [4.78, 5) is 43.0. The number of rotatable bonds is 25. The van der Waals surface area contributed by atoms with Gasteiger partial charge >= 0.3 is 0 Å². The van der Waals surface area contributed by atoms with Crippen LogP contribution in [0.1, 0.15) is 149 Å². The zero-order chi connectivity index (χ0) is 39.0. The van der Waals surface area contributed by atoms with E-state index in [-0.39, 0.29) is 56.8 Å². The molecular weight excluding hydrogens is 626 g/mol. The van der Waals surface area contributed by atoms with Gasteiger partial charge in [0, 0.05) is 78.2 Å². The molecule has 0 radical (unpaired) electrons. The summed E-state index contributed by atoms with van der Waals surface area (Å²) in [6.45, 7) is 38.5. The van der Waals surface area contributed by atoms with Crippen LogP contribution in [0.15, 0.2) is 0 Å². The summed E-state index contributed by atoms with van der Waals surface area (Å²) in [6.07, 6.45) is 5.18. The second kappa shape index (κ2) is 21.1. The van der Waals surface area contributed by atoms with Gasteiger partial charge in [-0.1, -0.05) is 110 Å². The van der Waals surface area contributed by atoms with Crippen LogP contribution in [-0.4, -0.2) is 98.1 Å². The van der Waals surface area contributed by atoms with Gasteiger partial charge in [-0.15, -0.1) is 0 Å². The monoisotopic (exact) mass is 710 g/mol. The average Bonchev–Trinajstić information content (AvgIpc) is 2.93. The second-order valence-corrected chi connectivity index (χ2v) is 20.6. The van der Waals surface area contributed by atoms with Gasteiger partial charge in [0.25, 0.3) is 0 Å². The minimum atomic E-state index is -0.00854. The van der Waals surface area contributed by atoms with E-state index in [9.17, 15) is 19.5 Å². The van der Waals surface area contributed by atoms with Crippen molar-refractivity contribution in [3.63, 3.8) is 0 Å². The largest absolute Gasteiger partial charge is 0.395 e. The lowest BCUT2D eigenvalue weighted by molar-refractivity contribution is -0.123. The first-order valence-electron chi connectivity index (χ1n) is 19.4. The first kappa shape index (κ1) is 48.3. The Morgan fingerprint density at radius 1 is 0.460 bits per heavy atom. The van der Waals surface area contributed by atoms with Gasteiger partial charge in [-0.25, -0.2) is 0 Å². The Hall–Kier alpha value is -1.71. The summed E-state index contributed by atoms with van der Waals surface area (Å²) in [7, 11) is 0. The van der Waals surface area contributed by atoms with Crippen molar-refractivity contribution in [2.45, 2.75) is 149 Å². The molecule has 9 nitrogen and oxygen atoms in total. The van der Waals surface area contributed by atoms with Gasteiger partial charge in [0.05, 0.1) is 6.61 Å². The van der Waals surface area contributed by atoms with Crippen molar-refractivity contribution in [1.29, 1.82) is 0 Å². The van der Waals surface area contributed by atoms with Crippen LogP contribution in [0.4, 0.5) is 0 Å². The molecule has 0 saturated heterocycles. The van der Waals surface area contributed by atoms with Gasteiger partial charge in [0.15, 0.2) is 0 Å². The van der Waals surface area contributed by atoms with Gasteiger partial charge < -0.3 is 26.0 Å². The number of hydrogen-bond acceptors (Lipinski definition) is 6. The van der Waals surface area contributed by atoms with Crippen LogP contribution < -0.4 is 16.0 Å². The molecule has 0 aliphatic heterocycles. The average molecular weight is 710 g/mol. The summed E-state index contributed by atoms with van der Waals surface area (Å²) < 4.78 is 0. The van der Waals surface area contributed by atoms with Crippen molar-refractivity contribution < 1.29 is 19.5 Å². The molecule has 0 spiro atoms. The minimum Gasteiger partial charge on any atom is -0.395 e. The fourth-order valence-electron chi connectivity index (χ4n) is 7.63. The molecule has 0 fully saturated rings. The second-order valence-electron chi connectivity index (χ2n) is 20.6. The number of aliphatic hydroxyl groups is 1. The molecule has 3 amide bonds. The molecule has 9 heteroatoms. The molecule has 0 rings (SSSR count). The molecule has 0 bridgehead atoms. The van der Waals surface area contributed by atoms with Crippen molar-refractivity contribution in [2.24, 2.45) is 32.5 Å². The van der Waals surface area contributed by atoms with E-state index in [2.05, 4.69) is 130 Å². The highest BCUT2D eigenvalue weighted by molar-refractivity contribution is 5.77. The maximum absolute atomic E-state index is 13.0. The molecule has 4 N–H and O–H groups in total. The Morgan fingerprint density at radius 2 is 0.760 bits per heavy atom. The third-order valence-electron chi connectivity index (χ3n) is 9.34. The van der Waals surface area contributed by atoms with Gasteiger partial charge in [-0.3, -0.25) is 19.3 Å². The lowest BCUT2D eigenvalue weighted by atomic mass is 9.73. The number of carbonyl (C=O) groups is 3. The SMILES string of the molecule is CCC(C)(C)CC(C)(C)CNC(=O)CCN(CCO)CCN(CCC(=O)NCC(C)(C)CC(C)(C)C)CCC(=O)NCC(C)(C)CC(C)(C)C. The molecule has 0 unspecified atom stereocenters. The highest BCUT2D eigenvalue weighted by atomic mass is 16.3. The van der Waals surface area contributed by atoms with E-state index in [1.165, 1.54) is 0 Å². The first-order valence-corrected chi connectivity index (χ1v) is 19.4. The van der Waals surface area contributed by atoms with Crippen LogP contribution in [0.25, 0.3) is 0 Å². The molecule has 0 aliphatic rings. The Bertz CT molecular complexity index is 959. The smallest absolute Gasteiger partial charge is 0.221 e. The first-order chi connectivity index (χ1) is 22.6. The van der Waals surface area contributed by atoms with E-state index in [4.69, 9.17) is 0 Å². The zero-order valence-corrected chi connectivity index (χ0v) is 35.6. The molecule has 0 aliphatic carbocycles. The number of nitrogens with zero attached hydrogens (tertiary/aromatic N) is 2. The molecule has 0 aromatic carbocycles. The minimum absolute atomic E-state index is 0.000263. The Kier molecular flexibility index (Phi) is 20.4. The molecule has 0 heterocycles. The fourth-order valence-corrected chi connectivity index (χ4v) is 7.63. The Labute approximate surface area is 309 Å². The van der Waals surface area contributed by atoms with Crippen molar-refractivity contribution >= 4 is 17.7 Å². The van der Waals surface area contributed by atoms with E-state index >= 15 is 0 Å². The maximum Gasteiger partial charge on any atom is 0.221 e. The predicted molar refractivity (Wildman–Crippen MR) is 211 cm³/mol. The third-order valence-corrected chi connectivity index (χ3v) is 9.34. The lowest BCUT2D eigenvalue weighted by Gasteiger charge is -2.34. The van der Waals surface area contributed by atoms with Crippen LogP contribution in [0, 0.1) is 32.5 Å². The van der Waals surface area contributed by atoms with E-state index in [0.717, 1.165) is 25.7 Å². The van der Waals surface area contributed by atoms with Crippen LogP contribution in [-0.2, 0) is 14.4 Å². The summed E-state index contributed by atoms with van der Waals surface area (Å²) in [5.41, 5.74) is 0.569. The molecule has 0 aromatic rings. The van der Waals surface area contributed by atoms with Crippen LogP contribution in [0.3, 0.4) is 0 Å². The molecule has 0 atom stereocenters. The van der Waals surface area contributed by atoms with Crippen LogP contribution in [0.5, 0.6) is 0 Å². The standard InChI is InChI=1S/C41H83N5O4/c1-16-38(8,9)29-41(14,15)32-44-35(50)19-22-46(25-26-47)24-23-45(20-17-33(48)42-30-39(10,11)27-36(2,3)4)21-18-34(49)43-31-40(12,13)28-37(5,6)7/h47H,16-32H2,1-15H3,(H,42,48)(H,43,49)(H,44,50). The Balaban J connectivity index is 5.33. The van der Waals surface area contributed by atoms with Crippen LogP contribution in [0.2, 0.25) is 0 Å². The quantitative estimate of drug-likeness (QED) is 0.0823. The molecule has 50 heavy (non-hydrogen) atoms. The molecule has 0 saturated carbocycles. The summed E-state index contributed by atoms with van der Waals surface area (Å²) >= 11 is 0. The van der Waals surface area contributed by atoms with Crippen LogP contribution >= 0.6 is 0 Å². The van der Waals surface area contributed by atoms with Gasteiger partial charge in [-0.2, -0.15) is 0 Å². The van der Waals surface area contributed by atoms with E-state index in [1.807, 2.05) is 0 Å². The number of amides is 3. The van der Waals surface area contributed by atoms with E-state index < -0.39 is 0 Å². The molecule has 0 aromatic heterocycles. The fraction of sp³-hybridized carbons (Fsp3) is 0.927. The number of aliphatic hydroxyl groups excluding tert-OH is 1. The normalized spacial score (nSPS) is 13.6. The summed E-state index contributed by atoms with van der Waals surface area (Å²) in [5.74, 6) is 0.0447. The lowest BCUT2D eigenvalue weighted by Crippen LogP contribution is -2.43. The predicted octanol–water partition coefficient (Wildman–Crippen LogP) is 6.88. The van der Waals surface area contributed by atoms with E-state index in [1.54, 1.807) is 0 Å². The zero-order valence-electron chi connectivity index (χ0n) is 35.6. The molecular formula is C41H83N5O4.